The van der Waals surface area contributed by atoms with Crippen molar-refractivity contribution in [2.75, 3.05) is 11.4 Å². The van der Waals surface area contributed by atoms with E-state index in [9.17, 15) is 5.26 Å². The summed E-state index contributed by atoms with van der Waals surface area (Å²) in [7, 11) is 0. The third-order valence-electron chi connectivity index (χ3n) is 3.66. The summed E-state index contributed by atoms with van der Waals surface area (Å²) in [4.78, 5) is 6.84. The lowest BCUT2D eigenvalue weighted by Crippen LogP contribution is -2.29. The van der Waals surface area contributed by atoms with E-state index in [0.717, 1.165) is 29.2 Å². The van der Waals surface area contributed by atoms with Crippen LogP contribution in [0.5, 0.6) is 0 Å². The van der Waals surface area contributed by atoms with Crippen LogP contribution in [0.3, 0.4) is 0 Å². The van der Waals surface area contributed by atoms with E-state index in [-0.39, 0.29) is 0 Å². The average Bonchev–Trinajstić information content (AvgIpc) is 3.12. The highest BCUT2D eigenvalue weighted by atomic mass is 15.2. The van der Waals surface area contributed by atoms with Gasteiger partial charge in [0.2, 0.25) is 0 Å². The first-order chi connectivity index (χ1) is 9.02. The van der Waals surface area contributed by atoms with Gasteiger partial charge in [-0.05, 0) is 45.1 Å². The summed E-state index contributed by atoms with van der Waals surface area (Å²) >= 11 is 0. The molecule has 2 rings (SSSR count). The lowest BCUT2D eigenvalue weighted by Gasteiger charge is -2.27. The van der Waals surface area contributed by atoms with Crippen LogP contribution >= 0.6 is 0 Å². The van der Waals surface area contributed by atoms with Crippen molar-refractivity contribution in [3.63, 3.8) is 0 Å². The Morgan fingerprint density at radius 1 is 1.42 bits per heavy atom. The number of aromatic nitrogens is 1. The molecule has 1 saturated carbocycles. The Balaban J connectivity index is 2.33. The lowest BCUT2D eigenvalue weighted by molar-refractivity contribution is 0.570. The van der Waals surface area contributed by atoms with Gasteiger partial charge in [0.25, 0.3) is 0 Å². The Morgan fingerprint density at radius 2 is 2.11 bits per heavy atom. The second-order valence-electron chi connectivity index (χ2n) is 5.96. The smallest absolute Gasteiger partial charge is 0.103 e. The Bertz CT molecular complexity index is 495. The topological polar surface area (TPSA) is 39.9 Å². The van der Waals surface area contributed by atoms with Crippen LogP contribution in [0.25, 0.3) is 0 Å². The van der Waals surface area contributed by atoms with Gasteiger partial charge in [0, 0.05) is 18.3 Å². The van der Waals surface area contributed by atoms with Gasteiger partial charge in [-0.3, -0.25) is 4.98 Å². The molecule has 0 aliphatic heterocycles. The fourth-order valence-corrected chi connectivity index (χ4v) is 2.46. The number of aryl methyl sites for hydroxylation is 2. The van der Waals surface area contributed by atoms with Crippen LogP contribution < -0.4 is 4.90 Å². The van der Waals surface area contributed by atoms with Crippen LogP contribution in [0.4, 0.5) is 5.69 Å². The summed E-state index contributed by atoms with van der Waals surface area (Å²) in [6, 6.07) is 5.04. The molecule has 0 atom stereocenters. The molecule has 1 heterocycles. The Labute approximate surface area is 116 Å². The zero-order valence-electron chi connectivity index (χ0n) is 12.4. The van der Waals surface area contributed by atoms with Crippen LogP contribution in [0.15, 0.2) is 6.07 Å². The van der Waals surface area contributed by atoms with E-state index in [4.69, 9.17) is 0 Å². The molecule has 0 unspecified atom stereocenters. The molecule has 102 valence electrons. The van der Waals surface area contributed by atoms with E-state index in [1.165, 1.54) is 19.3 Å². The number of hydrogen-bond acceptors (Lipinski definition) is 3. The van der Waals surface area contributed by atoms with Crippen molar-refractivity contribution in [3.05, 3.63) is 23.0 Å². The Morgan fingerprint density at radius 3 is 2.63 bits per heavy atom. The average molecular weight is 257 g/mol. The molecule has 0 saturated heterocycles. The molecular formula is C16H23N3. The molecule has 3 heteroatoms. The molecule has 0 radical (unpaired) electrons. The number of rotatable bonds is 5. The van der Waals surface area contributed by atoms with Gasteiger partial charge in [0.1, 0.15) is 6.07 Å². The number of nitriles is 1. The van der Waals surface area contributed by atoms with Gasteiger partial charge in [-0.15, -0.1) is 0 Å². The van der Waals surface area contributed by atoms with Crippen molar-refractivity contribution in [2.45, 2.75) is 53.0 Å². The van der Waals surface area contributed by atoms with Crippen LogP contribution in [0, 0.1) is 31.1 Å². The molecule has 1 fully saturated rings. The highest BCUT2D eigenvalue weighted by Crippen LogP contribution is 2.35. The van der Waals surface area contributed by atoms with Crippen molar-refractivity contribution >= 4 is 5.69 Å². The molecule has 1 aromatic heterocycles. The molecule has 0 amide bonds. The third kappa shape index (κ3) is 3.26. The summed E-state index contributed by atoms with van der Waals surface area (Å²) in [6.07, 6.45) is 3.68. The van der Waals surface area contributed by atoms with Crippen LogP contribution in [-0.2, 0) is 0 Å². The summed E-state index contributed by atoms with van der Waals surface area (Å²) in [5, 5.41) is 9.40. The standard InChI is InChI=1S/C16H23N3/c1-11(2)7-8-19(14-5-6-14)16-9-12(3)18-13(4)15(16)10-17/h9,11,14H,5-8H2,1-4H3. The van der Waals surface area contributed by atoms with Crippen molar-refractivity contribution in [3.8, 4) is 6.07 Å². The SMILES string of the molecule is Cc1cc(N(CCC(C)C)C2CC2)c(C#N)c(C)n1. The minimum Gasteiger partial charge on any atom is -0.367 e. The van der Waals surface area contributed by atoms with Crippen LogP contribution in [0.1, 0.15) is 50.1 Å². The highest BCUT2D eigenvalue weighted by molar-refractivity contribution is 5.62. The van der Waals surface area contributed by atoms with Gasteiger partial charge in [-0.25, -0.2) is 0 Å². The van der Waals surface area contributed by atoms with E-state index in [1.54, 1.807) is 0 Å². The number of nitrogens with zero attached hydrogens (tertiary/aromatic N) is 3. The molecular weight excluding hydrogens is 234 g/mol. The highest BCUT2D eigenvalue weighted by Gasteiger charge is 2.31. The van der Waals surface area contributed by atoms with E-state index in [2.05, 4.69) is 35.9 Å². The minimum absolute atomic E-state index is 0.632. The predicted octanol–water partition coefficient (Wildman–Crippen LogP) is 3.59. The second-order valence-corrected chi connectivity index (χ2v) is 5.96. The van der Waals surface area contributed by atoms with Crippen molar-refractivity contribution in [1.82, 2.24) is 4.98 Å². The molecule has 1 aliphatic carbocycles. The normalized spacial score (nSPS) is 14.5. The molecule has 0 N–H and O–H groups in total. The largest absolute Gasteiger partial charge is 0.367 e. The fraction of sp³-hybridized carbons (Fsp3) is 0.625. The predicted molar refractivity (Wildman–Crippen MR) is 78.2 cm³/mol. The molecule has 0 aromatic carbocycles. The summed E-state index contributed by atoms with van der Waals surface area (Å²) in [5.74, 6) is 0.691. The quantitative estimate of drug-likeness (QED) is 0.809. The molecule has 3 nitrogen and oxygen atoms in total. The second kappa shape index (κ2) is 5.61. The number of anilines is 1. The lowest BCUT2D eigenvalue weighted by atomic mass is 10.1. The first kappa shape index (κ1) is 13.9. The summed E-state index contributed by atoms with van der Waals surface area (Å²) < 4.78 is 0. The molecule has 1 aliphatic rings. The van der Waals surface area contributed by atoms with E-state index >= 15 is 0 Å². The monoisotopic (exact) mass is 257 g/mol. The minimum atomic E-state index is 0.632. The molecule has 0 bridgehead atoms. The maximum Gasteiger partial charge on any atom is 0.103 e. The van der Waals surface area contributed by atoms with Crippen molar-refractivity contribution in [2.24, 2.45) is 5.92 Å². The maximum absolute atomic E-state index is 9.40. The first-order valence-electron chi connectivity index (χ1n) is 7.18. The van der Waals surface area contributed by atoms with Gasteiger partial charge in [-0.1, -0.05) is 13.8 Å². The molecule has 1 aromatic rings. The zero-order chi connectivity index (χ0) is 14.0. The van der Waals surface area contributed by atoms with Gasteiger partial charge >= 0.3 is 0 Å². The van der Waals surface area contributed by atoms with Gasteiger partial charge in [0.15, 0.2) is 0 Å². The Hall–Kier alpha value is -1.56. The zero-order valence-corrected chi connectivity index (χ0v) is 12.4. The third-order valence-corrected chi connectivity index (χ3v) is 3.66. The fourth-order valence-electron chi connectivity index (χ4n) is 2.46. The van der Waals surface area contributed by atoms with E-state index in [1.807, 2.05) is 13.8 Å². The van der Waals surface area contributed by atoms with Gasteiger partial charge < -0.3 is 4.90 Å². The van der Waals surface area contributed by atoms with Gasteiger partial charge in [-0.2, -0.15) is 5.26 Å². The van der Waals surface area contributed by atoms with Crippen molar-refractivity contribution < 1.29 is 0 Å². The molecule has 19 heavy (non-hydrogen) atoms. The Kier molecular flexibility index (Phi) is 4.09. The van der Waals surface area contributed by atoms with E-state index < -0.39 is 0 Å². The number of pyridine rings is 1. The van der Waals surface area contributed by atoms with Crippen LogP contribution in [-0.4, -0.2) is 17.6 Å². The molecule has 0 spiro atoms. The summed E-state index contributed by atoms with van der Waals surface area (Å²) in [5.41, 5.74) is 3.70. The van der Waals surface area contributed by atoms with Gasteiger partial charge in [0.05, 0.1) is 16.9 Å². The first-order valence-corrected chi connectivity index (χ1v) is 7.18. The van der Waals surface area contributed by atoms with Crippen LogP contribution in [0.2, 0.25) is 0 Å². The number of hydrogen-bond donors (Lipinski definition) is 0. The van der Waals surface area contributed by atoms with Crippen molar-refractivity contribution in [1.29, 1.82) is 5.26 Å². The summed E-state index contributed by atoms with van der Waals surface area (Å²) in [6.45, 7) is 9.48. The maximum atomic E-state index is 9.40. The van der Waals surface area contributed by atoms with E-state index in [0.29, 0.717) is 12.0 Å².